The van der Waals surface area contributed by atoms with Gasteiger partial charge in [-0.15, -0.1) is 0 Å². The largest absolute Gasteiger partial charge is 0.447 e. The fourth-order valence-electron chi connectivity index (χ4n) is 1.68. The second-order valence-electron chi connectivity index (χ2n) is 5.27. The van der Waals surface area contributed by atoms with E-state index in [4.69, 9.17) is 9.15 Å². The molecule has 0 radical (unpaired) electrons. The lowest BCUT2D eigenvalue weighted by atomic mass is 9.93. The van der Waals surface area contributed by atoms with Crippen LogP contribution in [0.25, 0.3) is 0 Å². The normalized spacial score (nSPS) is 18.9. The first-order valence-corrected chi connectivity index (χ1v) is 5.81. The molecule has 0 atom stereocenters. The molecule has 0 unspecified atom stereocenters. The fraction of sp³-hybridized carbons (Fsp3) is 0.750. The average molecular weight is 224 g/mol. The number of aromatic nitrogens is 1. The van der Waals surface area contributed by atoms with Crippen molar-refractivity contribution in [1.82, 2.24) is 9.88 Å². The summed E-state index contributed by atoms with van der Waals surface area (Å²) in [6.45, 7) is 10.8. The van der Waals surface area contributed by atoms with E-state index in [0.717, 1.165) is 44.4 Å². The first-order chi connectivity index (χ1) is 7.55. The summed E-state index contributed by atoms with van der Waals surface area (Å²) in [5.41, 5.74) is 1.09. The topological polar surface area (TPSA) is 38.5 Å². The number of ether oxygens (including phenoxy) is 1. The summed E-state index contributed by atoms with van der Waals surface area (Å²) in [7, 11) is 0. The van der Waals surface area contributed by atoms with Crippen LogP contribution in [0.15, 0.2) is 10.7 Å². The van der Waals surface area contributed by atoms with Crippen LogP contribution in [-0.4, -0.2) is 36.2 Å². The molecule has 2 rings (SSSR count). The van der Waals surface area contributed by atoms with Crippen molar-refractivity contribution in [3.05, 3.63) is 17.8 Å². The smallest absolute Gasteiger partial charge is 0.208 e. The number of nitrogens with zero attached hydrogens (tertiary/aromatic N) is 2. The Hall–Kier alpha value is -0.870. The predicted octanol–water partition coefficient (Wildman–Crippen LogP) is 1.80. The third kappa shape index (κ3) is 2.83. The molecule has 0 aliphatic carbocycles. The molecule has 1 aromatic heterocycles. The van der Waals surface area contributed by atoms with Crippen LogP contribution in [0.5, 0.6) is 0 Å². The van der Waals surface area contributed by atoms with Gasteiger partial charge in [0.05, 0.1) is 25.5 Å². The van der Waals surface area contributed by atoms with E-state index in [1.807, 2.05) is 0 Å². The first-order valence-electron chi connectivity index (χ1n) is 5.81. The molecule has 0 N–H and O–H groups in total. The first kappa shape index (κ1) is 11.6. The Labute approximate surface area is 96.6 Å². The van der Waals surface area contributed by atoms with Gasteiger partial charge in [0.1, 0.15) is 6.26 Å². The maximum absolute atomic E-state index is 5.50. The van der Waals surface area contributed by atoms with Crippen molar-refractivity contribution in [3.63, 3.8) is 0 Å². The van der Waals surface area contributed by atoms with E-state index in [2.05, 4.69) is 30.7 Å². The van der Waals surface area contributed by atoms with Crippen LogP contribution in [0.4, 0.5) is 0 Å². The van der Waals surface area contributed by atoms with Crippen LogP contribution >= 0.6 is 0 Å². The second kappa shape index (κ2) is 4.55. The molecule has 1 aliphatic rings. The number of hydrogen-bond donors (Lipinski definition) is 0. The highest BCUT2D eigenvalue weighted by molar-refractivity contribution is 5.08. The van der Waals surface area contributed by atoms with E-state index in [1.54, 1.807) is 6.26 Å². The van der Waals surface area contributed by atoms with Crippen molar-refractivity contribution in [1.29, 1.82) is 0 Å². The monoisotopic (exact) mass is 224 g/mol. The zero-order valence-electron chi connectivity index (χ0n) is 10.3. The van der Waals surface area contributed by atoms with Gasteiger partial charge in [0, 0.05) is 18.5 Å². The zero-order chi connectivity index (χ0) is 11.6. The molecule has 0 saturated carbocycles. The minimum atomic E-state index is 0.0623. The van der Waals surface area contributed by atoms with Gasteiger partial charge in [-0.3, -0.25) is 4.90 Å². The molecule has 1 saturated heterocycles. The van der Waals surface area contributed by atoms with Gasteiger partial charge in [-0.2, -0.15) is 0 Å². The third-order valence-corrected chi connectivity index (χ3v) is 2.78. The Kier molecular flexibility index (Phi) is 3.30. The van der Waals surface area contributed by atoms with E-state index in [-0.39, 0.29) is 5.41 Å². The Balaban J connectivity index is 1.97. The molecule has 4 nitrogen and oxygen atoms in total. The molecule has 0 amide bonds. The van der Waals surface area contributed by atoms with Crippen LogP contribution in [0.2, 0.25) is 0 Å². The van der Waals surface area contributed by atoms with Gasteiger partial charge in [-0.1, -0.05) is 20.8 Å². The molecule has 1 aliphatic heterocycles. The SMILES string of the molecule is CC(C)(C)c1coc(CN2CCOCC2)n1. The lowest BCUT2D eigenvalue weighted by Crippen LogP contribution is -2.35. The summed E-state index contributed by atoms with van der Waals surface area (Å²) < 4.78 is 10.8. The standard InChI is InChI=1S/C12H20N2O2/c1-12(2,3)10-9-16-11(13-10)8-14-4-6-15-7-5-14/h9H,4-8H2,1-3H3. The summed E-state index contributed by atoms with van der Waals surface area (Å²) in [6, 6.07) is 0. The van der Waals surface area contributed by atoms with Crippen molar-refractivity contribution < 1.29 is 9.15 Å². The zero-order valence-corrected chi connectivity index (χ0v) is 10.3. The van der Waals surface area contributed by atoms with Gasteiger partial charge < -0.3 is 9.15 Å². The van der Waals surface area contributed by atoms with Crippen LogP contribution in [0.1, 0.15) is 32.4 Å². The second-order valence-corrected chi connectivity index (χ2v) is 5.27. The van der Waals surface area contributed by atoms with Gasteiger partial charge >= 0.3 is 0 Å². The average Bonchev–Trinajstić information content (AvgIpc) is 2.67. The molecular formula is C12H20N2O2. The minimum absolute atomic E-state index is 0.0623. The Morgan fingerprint density at radius 1 is 1.31 bits per heavy atom. The van der Waals surface area contributed by atoms with Gasteiger partial charge in [-0.25, -0.2) is 4.98 Å². The maximum atomic E-state index is 5.50. The number of oxazole rings is 1. The Morgan fingerprint density at radius 2 is 2.00 bits per heavy atom. The molecule has 16 heavy (non-hydrogen) atoms. The van der Waals surface area contributed by atoms with E-state index < -0.39 is 0 Å². The van der Waals surface area contributed by atoms with Gasteiger partial charge in [0.25, 0.3) is 0 Å². The molecule has 1 aromatic rings. The van der Waals surface area contributed by atoms with Crippen molar-refractivity contribution >= 4 is 0 Å². The fourth-order valence-corrected chi connectivity index (χ4v) is 1.68. The van der Waals surface area contributed by atoms with Crippen LogP contribution in [0, 0.1) is 0 Å². The predicted molar refractivity (Wildman–Crippen MR) is 61.3 cm³/mol. The van der Waals surface area contributed by atoms with Gasteiger partial charge in [0.15, 0.2) is 0 Å². The summed E-state index contributed by atoms with van der Waals surface area (Å²) in [4.78, 5) is 6.83. The van der Waals surface area contributed by atoms with Crippen molar-refractivity contribution in [2.45, 2.75) is 32.7 Å². The van der Waals surface area contributed by atoms with Crippen molar-refractivity contribution in [3.8, 4) is 0 Å². The molecule has 2 heterocycles. The molecular weight excluding hydrogens is 204 g/mol. The Morgan fingerprint density at radius 3 is 2.56 bits per heavy atom. The molecule has 0 aromatic carbocycles. The van der Waals surface area contributed by atoms with Gasteiger partial charge in [-0.05, 0) is 0 Å². The number of hydrogen-bond acceptors (Lipinski definition) is 4. The summed E-state index contributed by atoms with van der Waals surface area (Å²) in [6.07, 6.45) is 1.77. The summed E-state index contributed by atoms with van der Waals surface area (Å²) >= 11 is 0. The highest BCUT2D eigenvalue weighted by Gasteiger charge is 2.20. The lowest BCUT2D eigenvalue weighted by molar-refractivity contribution is 0.0305. The highest BCUT2D eigenvalue weighted by atomic mass is 16.5. The quantitative estimate of drug-likeness (QED) is 0.768. The van der Waals surface area contributed by atoms with Crippen molar-refractivity contribution in [2.24, 2.45) is 0 Å². The molecule has 0 spiro atoms. The van der Waals surface area contributed by atoms with E-state index in [0.29, 0.717) is 0 Å². The Bertz CT molecular complexity index is 335. The van der Waals surface area contributed by atoms with Gasteiger partial charge in [0.2, 0.25) is 5.89 Å². The van der Waals surface area contributed by atoms with E-state index in [9.17, 15) is 0 Å². The van der Waals surface area contributed by atoms with Crippen LogP contribution in [0.3, 0.4) is 0 Å². The third-order valence-electron chi connectivity index (χ3n) is 2.78. The lowest BCUT2D eigenvalue weighted by Gasteiger charge is -2.25. The molecule has 0 bridgehead atoms. The van der Waals surface area contributed by atoms with E-state index >= 15 is 0 Å². The molecule has 1 fully saturated rings. The molecule has 90 valence electrons. The van der Waals surface area contributed by atoms with Crippen LogP contribution < -0.4 is 0 Å². The van der Waals surface area contributed by atoms with Crippen LogP contribution in [-0.2, 0) is 16.7 Å². The minimum Gasteiger partial charge on any atom is -0.447 e. The summed E-state index contributed by atoms with van der Waals surface area (Å²) in [5.74, 6) is 0.812. The molecule has 4 heteroatoms. The number of morpholine rings is 1. The summed E-state index contributed by atoms with van der Waals surface area (Å²) in [5, 5.41) is 0. The highest BCUT2D eigenvalue weighted by Crippen LogP contribution is 2.21. The maximum Gasteiger partial charge on any atom is 0.208 e. The number of rotatable bonds is 2. The van der Waals surface area contributed by atoms with Crippen molar-refractivity contribution in [2.75, 3.05) is 26.3 Å². The van der Waals surface area contributed by atoms with E-state index in [1.165, 1.54) is 0 Å².